The zero-order valence-electron chi connectivity index (χ0n) is 13.5. The van der Waals surface area contributed by atoms with Crippen molar-refractivity contribution in [3.8, 4) is 0 Å². The molecule has 0 bridgehead atoms. The van der Waals surface area contributed by atoms with Crippen LogP contribution in [0.2, 0.25) is 0 Å². The molecule has 116 valence electrons. The molecule has 0 unspecified atom stereocenters. The molecule has 3 aliphatic carbocycles. The third kappa shape index (κ3) is 1.37. The molecule has 0 aromatic heterocycles. The van der Waals surface area contributed by atoms with Crippen LogP contribution >= 0.6 is 0 Å². The molecule has 3 rings (SSSR count). The Labute approximate surface area is 122 Å². The molecule has 3 saturated carbocycles. The maximum atomic E-state index is 11.2. The molecule has 6 atom stereocenters. The smallest absolute Gasteiger partial charge is 0.0763 e. The first-order chi connectivity index (χ1) is 8.94. The number of hydrogen-bond acceptors (Lipinski definition) is 3. The van der Waals surface area contributed by atoms with Crippen molar-refractivity contribution in [2.24, 2.45) is 22.2 Å². The summed E-state index contributed by atoms with van der Waals surface area (Å²) in [5, 5.41) is 33.0. The highest BCUT2D eigenvalue weighted by Gasteiger charge is 2.79. The molecule has 0 spiro atoms. The molecular formula is C17H30O3. The highest BCUT2D eigenvalue weighted by molar-refractivity contribution is 5.28. The average molecular weight is 282 g/mol. The van der Waals surface area contributed by atoms with Gasteiger partial charge < -0.3 is 15.3 Å². The average Bonchev–Trinajstić information content (AvgIpc) is 2.68. The van der Waals surface area contributed by atoms with Crippen molar-refractivity contribution in [1.29, 1.82) is 0 Å². The molecule has 0 aliphatic heterocycles. The van der Waals surface area contributed by atoms with Crippen LogP contribution in [0, 0.1) is 22.2 Å². The number of aliphatic hydroxyl groups excluding tert-OH is 1. The van der Waals surface area contributed by atoms with Crippen molar-refractivity contribution in [3.05, 3.63) is 0 Å². The quantitative estimate of drug-likeness (QED) is 0.692. The van der Waals surface area contributed by atoms with Gasteiger partial charge in [-0.15, -0.1) is 0 Å². The Bertz CT molecular complexity index is 448. The van der Waals surface area contributed by atoms with Crippen molar-refractivity contribution in [2.75, 3.05) is 0 Å². The summed E-state index contributed by atoms with van der Waals surface area (Å²) in [5.41, 5.74) is -2.30. The van der Waals surface area contributed by atoms with Gasteiger partial charge in [-0.2, -0.15) is 0 Å². The highest BCUT2D eigenvalue weighted by atomic mass is 16.3. The Morgan fingerprint density at radius 3 is 2.15 bits per heavy atom. The van der Waals surface area contributed by atoms with Crippen LogP contribution in [-0.2, 0) is 0 Å². The predicted molar refractivity (Wildman–Crippen MR) is 78.2 cm³/mol. The van der Waals surface area contributed by atoms with Crippen LogP contribution in [0.1, 0.15) is 66.7 Å². The number of aliphatic hydroxyl groups is 3. The van der Waals surface area contributed by atoms with Gasteiger partial charge in [-0.25, -0.2) is 0 Å². The molecule has 0 radical (unpaired) electrons. The van der Waals surface area contributed by atoms with Gasteiger partial charge in [-0.05, 0) is 30.6 Å². The fraction of sp³-hybridized carbons (Fsp3) is 1.00. The second-order valence-corrected chi connectivity index (χ2v) is 9.10. The fourth-order valence-corrected chi connectivity index (χ4v) is 6.42. The molecular weight excluding hydrogens is 252 g/mol. The lowest BCUT2D eigenvalue weighted by Gasteiger charge is -2.49. The summed E-state index contributed by atoms with van der Waals surface area (Å²) in [4.78, 5) is 0. The maximum Gasteiger partial charge on any atom is 0.0763 e. The largest absolute Gasteiger partial charge is 0.392 e. The lowest BCUT2D eigenvalue weighted by molar-refractivity contribution is -0.109. The van der Waals surface area contributed by atoms with E-state index in [0.717, 1.165) is 19.3 Å². The second kappa shape index (κ2) is 3.61. The van der Waals surface area contributed by atoms with E-state index in [9.17, 15) is 15.3 Å². The van der Waals surface area contributed by atoms with Crippen LogP contribution in [0.3, 0.4) is 0 Å². The predicted octanol–water partition coefficient (Wildman–Crippen LogP) is 2.48. The Kier molecular flexibility index (Phi) is 2.67. The molecule has 0 saturated heterocycles. The maximum absolute atomic E-state index is 11.2. The van der Waals surface area contributed by atoms with E-state index in [1.807, 2.05) is 0 Å². The van der Waals surface area contributed by atoms with Gasteiger partial charge in [0.05, 0.1) is 17.3 Å². The first-order valence-electron chi connectivity index (χ1n) is 8.07. The van der Waals surface area contributed by atoms with Gasteiger partial charge in [-0.3, -0.25) is 0 Å². The summed E-state index contributed by atoms with van der Waals surface area (Å²) < 4.78 is 0. The summed E-state index contributed by atoms with van der Waals surface area (Å²) in [5.74, 6) is 0.0806. The number of fused-ring (bicyclic) bond motifs is 3. The Morgan fingerprint density at radius 2 is 1.60 bits per heavy atom. The lowest BCUT2D eigenvalue weighted by atomic mass is 9.57. The van der Waals surface area contributed by atoms with Gasteiger partial charge >= 0.3 is 0 Å². The van der Waals surface area contributed by atoms with Crippen molar-refractivity contribution in [1.82, 2.24) is 0 Å². The SMILES string of the molecule is CC[C@@]1(C)[C@@H](O)C[C@]2(O)C[C@@]3(O)CC(C)(C)C[C@@H]3[C@@]21C. The summed E-state index contributed by atoms with van der Waals surface area (Å²) in [7, 11) is 0. The van der Waals surface area contributed by atoms with Gasteiger partial charge in [-0.1, -0.05) is 34.6 Å². The molecule has 0 aromatic carbocycles. The normalized spacial score (nSPS) is 60.6. The van der Waals surface area contributed by atoms with Crippen molar-refractivity contribution in [2.45, 2.75) is 84.0 Å². The van der Waals surface area contributed by atoms with E-state index < -0.39 is 22.7 Å². The summed E-state index contributed by atoms with van der Waals surface area (Å²) in [6.07, 6.45) is 2.89. The van der Waals surface area contributed by atoms with E-state index in [0.29, 0.717) is 12.8 Å². The molecule has 3 fully saturated rings. The summed E-state index contributed by atoms with van der Waals surface area (Å²) in [6, 6.07) is 0. The number of rotatable bonds is 1. The van der Waals surface area contributed by atoms with E-state index in [4.69, 9.17) is 0 Å². The van der Waals surface area contributed by atoms with E-state index in [1.165, 1.54) is 0 Å². The van der Waals surface area contributed by atoms with Crippen LogP contribution in [0.25, 0.3) is 0 Å². The van der Waals surface area contributed by atoms with E-state index >= 15 is 0 Å². The van der Waals surface area contributed by atoms with Crippen LogP contribution < -0.4 is 0 Å². The van der Waals surface area contributed by atoms with Crippen LogP contribution in [0.4, 0.5) is 0 Å². The Morgan fingerprint density at radius 1 is 1.00 bits per heavy atom. The van der Waals surface area contributed by atoms with Gasteiger partial charge in [0.2, 0.25) is 0 Å². The molecule has 0 amide bonds. The van der Waals surface area contributed by atoms with Crippen molar-refractivity contribution in [3.63, 3.8) is 0 Å². The van der Waals surface area contributed by atoms with Gasteiger partial charge in [0.15, 0.2) is 0 Å². The molecule has 3 N–H and O–H groups in total. The van der Waals surface area contributed by atoms with E-state index in [1.54, 1.807) is 0 Å². The molecule has 3 nitrogen and oxygen atoms in total. The third-order valence-corrected chi connectivity index (χ3v) is 7.64. The zero-order chi connectivity index (χ0) is 15.2. The van der Waals surface area contributed by atoms with Crippen LogP contribution in [-0.4, -0.2) is 32.6 Å². The molecule has 0 aromatic rings. The first-order valence-corrected chi connectivity index (χ1v) is 8.07. The lowest BCUT2D eigenvalue weighted by Crippen LogP contribution is -2.50. The highest BCUT2D eigenvalue weighted by Crippen LogP contribution is 2.76. The first kappa shape index (κ1) is 14.8. The van der Waals surface area contributed by atoms with E-state index in [-0.39, 0.29) is 16.7 Å². The second-order valence-electron chi connectivity index (χ2n) is 9.10. The molecule has 0 heterocycles. The fourth-order valence-electron chi connectivity index (χ4n) is 6.42. The topological polar surface area (TPSA) is 60.7 Å². The molecule has 3 heteroatoms. The zero-order valence-corrected chi connectivity index (χ0v) is 13.5. The summed E-state index contributed by atoms with van der Waals surface area (Å²) >= 11 is 0. The Balaban J connectivity index is 2.14. The monoisotopic (exact) mass is 282 g/mol. The molecule has 20 heavy (non-hydrogen) atoms. The minimum absolute atomic E-state index is 0.0806. The van der Waals surface area contributed by atoms with E-state index in [2.05, 4.69) is 34.6 Å². The minimum Gasteiger partial charge on any atom is -0.392 e. The van der Waals surface area contributed by atoms with Gasteiger partial charge in [0, 0.05) is 23.7 Å². The molecule has 3 aliphatic rings. The van der Waals surface area contributed by atoms with Crippen LogP contribution in [0.5, 0.6) is 0 Å². The minimum atomic E-state index is -0.924. The number of hydrogen-bond donors (Lipinski definition) is 3. The summed E-state index contributed by atoms with van der Waals surface area (Å²) in [6.45, 7) is 10.7. The van der Waals surface area contributed by atoms with Gasteiger partial charge in [0.1, 0.15) is 0 Å². The van der Waals surface area contributed by atoms with Crippen LogP contribution in [0.15, 0.2) is 0 Å². The van der Waals surface area contributed by atoms with Gasteiger partial charge in [0.25, 0.3) is 0 Å². The van der Waals surface area contributed by atoms with Crippen molar-refractivity contribution >= 4 is 0 Å². The standard InChI is InChI=1S/C17H30O3/c1-6-14(4)12(18)8-17(20)10-16(19)9-13(2,3)7-11(16)15(14,17)5/h11-12,18-20H,6-10H2,1-5H3/t11-,12+,14+,15-,16+,17+/m1/s1. The third-order valence-electron chi connectivity index (χ3n) is 7.64. The Hall–Kier alpha value is -0.120. The van der Waals surface area contributed by atoms with Crippen molar-refractivity contribution < 1.29 is 15.3 Å².